The van der Waals surface area contributed by atoms with Gasteiger partial charge in [-0.05, 0) is 0 Å². The summed E-state index contributed by atoms with van der Waals surface area (Å²) in [6, 6.07) is 0. The van der Waals surface area contributed by atoms with Gasteiger partial charge in [0, 0.05) is 12.8 Å². The van der Waals surface area contributed by atoms with Crippen LogP contribution in [0.3, 0.4) is 0 Å². The van der Waals surface area contributed by atoms with Gasteiger partial charge in [0.1, 0.15) is 5.78 Å². The lowest BCUT2D eigenvalue weighted by atomic mass is 9.99. The van der Waals surface area contributed by atoms with Gasteiger partial charge in [-0.25, -0.2) is 0 Å². The zero-order valence-electron chi connectivity index (χ0n) is 5.31. The molecule has 2 radical (unpaired) electrons. The summed E-state index contributed by atoms with van der Waals surface area (Å²) in [5.74, 6) is 0.315. The van der Waals surface area contributed by atoms with Crippen LogP contribution < -0.4 is 0 Å². The van der Waals surface area contributed by atoms with E-state index in [-0.39, 0.29) is 0 Å². The molecule has 0 heterocycles. The zero-order valence-corrected chi connectivity index (χ0v) is 5.31. The molecule has 0 aromatic carbocycles. The highest BCUT2D eigenvalue weighted by Crippen LogP contribution is 1.95. The van der Waals surface area contributed by atoms with Crippen LogP contribution in [0.5, 0.6) is 0 Å². The lowest BCUT2D eigenvalue weighted by Crippen LogP contribution is -1.93. The minimum Gasteiger partial charge on any atom is -0.300 e. The van der Waals surface area contributed by atoms with Crippen molar-refractivity contribution in [1.82, 2.24) is 0 Å². The minimum atomic E-state index is 0.315. The molecule has 0 bridgehead atoms. The van der Waals surface area contributed by atoms with E-state index < -0.39 is 0 Å². The molecular formula is C6H11BO. The number of carbonyl (C=O) groups is 1. The Kier molecular flexibility index (Phi) is 4.72. The molecule has 0 aromatic rings. The predicted octanol–water partition coefficient (Wildman–Crippen LogP) is 1.33. The first kappa shape index (κ1) is 7.73. The van der Waals surface area contributed by atoms with E-state index in [2.05, 4.69) is 0 Å². The van der Waals surface area contributed by atoms with Crippen molar-refractivity contribution in [2.75, 3.05) is 0 Å². The van der Waals surface area contributed by atoms with Crippen molar-refractivity contribution >= 4 is 13.6 Å². The molecule has 2 heteroatoms. The Morgan fingerprint density at radius 1 is 1.62 bits per heavy atom. The third kappa shape index (κ3) is 3.91. The highest BCUT2D eigenvalue weighted by Gasteiger charge is 1.93. The van der Waals surface area contributed by atoms with Gasteiger partial charge in [-0.2, -0.15) is 0 Å². The molecule has 0 unspecified atom stereocenters. The number of Topliss-reactive ketones (excluding diaryl/α,β-unsaturated/α-hetero) is 1. The van der Waals surface area contributed by atoms with Crippen molar-refractivity contribution in [3.8, 4) is 0 Å². The summed E-state index contributed by atoms with van der Waals surface area (Å²) in [6.45, 7) is 1.87. The van der Waals surface area contributed by atoms with Crippen molar-refractivity contribution in [3.05, 3.63) is 0 Å². The van der Waals surface area contributed by atoms with Crippen LogP contribution in [-0.2, 0) is 4.79 Å². The van der Waals surface area contributed by atoms with Crippen LogP contribution in [0, 0.1) is 0 Å². The maximum absolute atomic E-state index is 10.5. The van der Waals surface area contributed by atoms with Gasteiger partial charge in [-0.15, -0.1) is 0 Å². The van der Waals surface area contributed by atoms with E-state index in [0.717, 1.165) is 6.42 Å². The summed E-state index contributed by atoms with van der Waals surface area (Å²) in [6.07, 6.45) is 2.78. The van der Waals surface area contributed by atoms with Crippen molar-refractivity contribution < 1.29 is 4.79 Å². The van der Waals surface area contributed by atoms with E-state index in [9.17, 15) is 4.79 Å². The van der Waals surface area contributed by atoms with E-state index in [0.29, 0.717) is 24.9 Å². The molecule has 44 valence electrons. The fraction of sp³-hybridized carbons (Fsp3) is 0.833. The van der Waals surface area contributed by atoms with E-state index in [1.807, 2.05) is 6.92 Å². The fourth-order valence-electron chi connectivity index (χ4n) is 0.476. The van der Waals surface area contributed by atoms with Gasteiger partial charge in [0.15, 0.2) is 0 Å². The van der Waals surface area contributed by atoms with Gasteiger partial charge in [-0.1, -0.05) is 19.7 Å². The van der Waals surface area contributed by atoms with Gasteiger partial charge in [0.25, 0.3) is 0 Å². The first-order chi connectivity index (χ1) is 3.81. The van der Waals surface area contributed by atoms with Gasteiger partial charge >= 0.3 is 0 Å². The molecule has 8 heavy (non-hydrogen) atoms. The largest absolute Gasteiger partial charge is 0.300 e. The quantitative estimate of drug-likeness (QED) is 0.499. The number of carbonyl (C=O) groups excluding carboxylic acids is 1. The van der Waals surface area contributed by atoms with E-state index in [1.165, 1.54) is 0 Å². The van der Waals surface area contributed by atoms with Crippen molar-refractivity contribution in [3.63, 3.8) is 0 Å². The summed E-state index contributed by atoms with van der Waals surface area (Å²) < 4.78 is 0. The molecule has 0 rings (SSSR count). The molecule has 0 aliphatic carbocycles. The fourth-order valence-corrected chi connectivity index (χ4v) is 0.476. The molecule has 1 nitrogen and oxygen atoms in total. The number of hydrogen-bond donors (Lipinski definition) is 0. The normalized spacial score (nSPS) is 9.12. The molecule has 0 saturated heterocycles. The third-order valence-corrected chi connectivity index (χ3v) is 1.05. The van der Waals surface area contributed by atoms with E-state index in [4.69, 9.17) is 7.85 Å². The second-order valence-electron chi connectivity index (χ2n) is 1.78. The first-order valence-corrected chi connectivity index (χ1v) is 3.03. The predicted molar refractivity (Wildman–Crippen MR) is 35.1 cm³/mol. The molecular weight excluding hydrogens is 98.9 g/mol. The van der Waals surface area contributed by atoms with Crippen LogP contribution in [0.25, 0.3) is 0 Å². The third-order valence-electron chi connectivity index (χ3n) is 1.05. The van der Waals surface area contributed by atoms with Crippen molar-refractivity contribution in [2.24, 2.45) is 0 Å². The molecule has 0 fully saturated rings. The lowest BCUT2D eigenvalue weighted by Gasteiger charge is -1.91. The summed E-state index contributed by atoms with van der Waals surface area (Å²) in [5.41, 5.74) is 0. The van der Waals surface area contributed by atoms with Crippen LogP contribution in [0.4, 0.5) is 0 Å². The standard InChI is InChI=1S/C6H11BO/c1-2-6(8)4-3-5-7/h2-5H2,1H3. The highest BCUT2D eigenvalue weighted by atomic mass is 16.1. The summed E-state index contributed by atoms with van der Waals surface area (Å²) >= 11 is 0. The van der Waals surface area contributed by atoms with Crippen molar-refractivity contribution in [1.29, 1.82) is 0 Å². The van der Waals surface area contributed by atoms with Crippen LogP contribution in [0.1, 0.15) is 26.2 Å². The molecule has 0 amide bonds. The van der Waals surface area contributed by atoms with Crippen LogP contribution in [0.2, 0.25) is 6.32 Å². The molecule has 0 saturated carbocycles. The molecule has 0 spiro atoms. The van der Waals surface area contributed by atoms with Crippen LogP contribution in [-0.4, -0.2) is 13.6 Å². The smallest absolute Gasteiger partial charge is 0.132 e. The maximum Gasteiger partial charge on any atom is 0.132 e. The second-order valence-corrected chi connectivity index (χ2v) is 1.78. The van der Waals surface area contributed by atoms with Gasteiger partial charge in [-0.3, -0.25) is 4.79 Å². The first-order valence-electron chi connectivity index (χ1n) is 3.03. The molecule has 0 aliphatic heterocycles. The Morgan fingerprint density at radius 3 is 2.62 bits per heavy atom. The average molecular weight is 110 g/mol. The van der Waals surface area contributed by atoms with Crippen molar-refractivity contribution in [2.45, 2.75) is 32.5 Å². The molecule has 0 aromatic heterocycles. The molecule has 0 N–H and O–H groups in total. The Morgan fingerprint density at radius 2 is 2.25 bits per heavy atom. The van der Waals surface area contributed by atoms with Crippen LogP contribution >= 0.6 is 0 Å². The number of ketones is 1. The molecule has 0 atom stereocenters. The van der Waals surface area contributed by atoms with E-state index >= 15 is 0 Å². The lowest BCUT2D eigenvalue weighted by molar-refractivity contribution is -0.118. The summed E-state index contributed by atoms with van der Waals surface area (Å²) in [4.78, 5) is 10.5. The second kappa shape index (κ2) is 4.88. The Balaban J connectivity index is 2.99. The number of hydrogen-bond acceptors (Lipinski definition) is 1. The van der Waals surface area contributed by atoms with E-state index in [1.54, 1.807) is 0 Å². The van der Waals surface area contributed by atoms with Gasteiger partial charge < -0.3 is 0 Å². The Hall–Kier alpha value is -0.265. The Bertz CT molecular complexity index is 70.9. The molecule has 0 aliphatic rings. The summed E-state index contributed by atoms with van der Waals surface area (Å²) in [5, 5.41) is 0. The SMILES string of the molecule is [B]CCCC(=O)CC. The topological polar surface area (TPSA) is 17.1 Å². The summed E-state index contributed by atoms with van der Waals surface area (Å²) in [7, 11) is 5.18. The van der Waals surface area contributed by atoms with Crippen LogP contribution in [0.15, 0.2) is 0 Å². The highest BCUT2D eigenvalue weighted by molar-refractivity contribution is 6.08. The monoisotopic (exact) mass is 110 g/mol. The number of rotatable bonds is 4. The maximum atomic E-state index is 10.5. The van der Waals surface area contributed by atoms with Gasteiger partial charge in [0.05, 0.1) is 7.85 Å². The Labute approximate surface area is 51.9 Å². The van der Waals surface area contributed by atoms with Gasteiger partial charge in [0.2, 0.25) is 0 Å². The average Bonchev–Trinajstić information content (AvgIpc) is 1.83. The minimum absolute atomic E-state index is 0.315. The zero-order chi connectivity index (χ0) is 6.41.